The standard InChI is InChI=1S/C20H34OSi/c1-13-11-19(22(6,7)17(2,3)4)9-8-18(5)12-15-16(21)10-14(13)20(15,18)19/h13-15H,8-12H2,1-7H3/t13-,14?,15+,18-,19+,20?/m1/s1. The van der Waals surface area contributed by atoms with Gasteiger partial charge in [0.2, 0.25) is 0 Å². The molecular weight excluding hydrogens is 284 g/mol. The predicted octanol–water partition coefficient (Wildman–Crippen LogP) is 5.67. The maximum Gasteiger partial charge on any atom is 0.136 e. The average molecular weight is 319 g/mol. The minimum atomic E-state index is -1.50. The molecule has 4 rings (SSSR count). The Morgan fingerprint density at radius 1 is 1.14 bits per heavy atom. The molecule has 0 amide bonds. The van der Waals surface area contributed by atoms with Gasteiger partial charge in [0.15, 0.2) is 0 Å². The number of Topliss-reactive ketones (excluding diaryl/α,β-unsaturated/α-hetero) is 1. The lowest BCUT2D eigenvalue weighted by molar-refractivity contribution is -0.148. The second kappa shape index (κ2) is 3.76. The number of ketones is 1. The fourth-order valence-corrected chi connectivity index (χ4v) is 13.1. The molecule has 0 saturated heterocycles. The highest BCUT2D eigenvalue weighted by molar-refractivity contribution is 6.83. The Morgan fingerprint density at radius 3 is 2.36 bits per heavy atom. The highest BCUT2D eigenvalue weighted by Crippen LogP contribution is 2.92. The molecule has 0 heterocycles. The summed E-state index contributed by atoms with van der Waals surface area (Å²) < 4.78 is 0. The van der Waals surface area contributed by atoms with E-state index in [1.807, 2.05) is 0 Å². The monoisotopic (exact) mass is 318 g/mol. The lowest BCUT2D eigenvalue weighted by Gasteiger charge is -2.67. The van der Waals surface area contributed by atoms with E-state index >= 15 is 0 Å². The molecular formula is C20H34OSi. The van der Waals surface area contributed by atoms with Crippen LogP contribution in [0.5, 0.6) is 0 Å². The molecule has 4 aliphatic carbocycles. The van der Waals surface area contributed by atoms with Crippen molar-refractivity contribution < 1.29 is 4.79 Å². The largest absolute Gasteiger partial charge is 0.299 e. The van der Waals surface area contributed by atoms with Gasteiger partial charge in [-0.2, -0.15) is 0 Å². The summed E-state index contributed by atoms with van der Waals surface area (Å²) in [5, 5.41) is 0.944. The quantitative estimate of drug-likeness (QED) is 0.569. The van der Waals surface area contributed by atoms with Crippen molar-refractivity contribution in [3.63, 3.8) is 0 Å². The maximum absolute atomic E-state index is 12.8. The van der Waals surface area contributed by atoms with E-state index in [1.54, 1.807) is 0 Å². The van der Waals surface area contributed by atoms with Crippen LogP contribution in [0.2, 0.25) is 23.2 Å². The average Bonchev–Trinajstić information content (AvgIpc) is 2.84. The Balaban J connectivity index is 1.96. The molecule has 22 heavy (non-hydrogen) atoms. The van der Waals surface area contributed by atoms with Crippen molar-refractivity contribution in [3.05, 3.63) is 0 Å². The first-order chi connectivity index (χ1) is 9.95. The summed E-state index contributed by atoms with van der Waals surface area (Å²) in [4.78, 5) is 12.8. The van der Waals surface area contributed by atoms with Crippen LogP contribution in [-0.4, -0.2) is 13.9 Å². The highest BCUT2D eigenvalue weighted by atomic mass is 28.3. The van der Waals surface area contributed by atoms with Crippen LogP contribution in [0.15, 0.2) is 0 Å². The summed E-state index contributed by atoms with van der Waals surface area (Å²) in [7, 11) is -1.50. The zero-order valence-electron chi connectivity index (χ0n) is 15.7. The SMILES string of the molecule is C[C@@H]1C[C@@]2([Si](C)(C)C(C)(C)C)CC[C@]3(C)C[C@H]4C(=O)CC1C432. The van der Waals surface area contributed by atoms with Crippen LogP contribution in [-0.2, 0) is 4.79 Å². The fourth-order valence-electron chi connectivity index (χ4n) is 8.35. The first kappa shape index (κ1) is 15.4. The van der Waals surface area contributed by atoms with Crippen LogP contribution >= 0.6 is 0 Å². The molecule has 0 aromatic heterocycles. The molecule has 4 fully saturated rings. The molecule has 1 spiro atoms. The van der Waals surface area contributed by atoms with Crippen molar-refractivity contribution in [3.8, 4) is 0 Å². The van der Waals surface area contributed by atoms with Gasteiger partial charge in [0, 0.05) is 12.3 Å². The van der Waals surface area contributed by atoms with Gasteiger partial charge in [-0.25, -0.2) is 0 Å². The molecule has 4 saturated carbocycles. The third kappa shape index (κ3) is 1.20. The Labute approximate surface area is 137 Å². The molecule has 6 atom stereocenters. The number of rotatable bonds is 1. The Morgan fingerprint density at radius 2 is 1.77 bits per heavy atom. The van der Waals surface area contributed by atoms with Crippen molar-refractivity contribution in [1.82, 2.24) is 0 Å². The number of hydrogen-bond donors (Lipinski definition) is 0. The normalized spacial score (nSPS) is 53.4. The van der Waals surface area contributed by atoms with E-state index in [2.05, 4.69) is 47.7 Å². The fraction of sp³-hybridized carbons (Fsp3) is 0.950. The van der Waals surface area contributed by atoms with E-state index in [0.717, 1.165) is 12.3 Å². The first-order valence-corrected chi connectivity index (χ1v) is 12.5. The van der Waals surface area contributed by atoms with Crippen molar-refractivity contribution in [2.24, 2.45) is 28.6 Å². The predicted molar refractivity (Wildman–Crippen MR) is 94.7 cm³/mol. The van der Waals surface area contributed by atoms with E-state index in [-0.39, 0.29) is 0 Å². The Bertz CT molecular complexity index is 559. The van der Waals surface area contributed by atoms with Gasteiger partial charge >= 0.3 is 0 Å². The molecule has 124 valence electrons. The van der Waals surface area contributed by atoms with E-state index in [1.165, 1.54) is 25.7 Å². The zero-order chi connectivity index (χ0) is 16.3. The third-order valence-corrected chi connectivity index (χ3v) is 16.9. The van der Waals surface area contributed by atoms with Gasteiger partial charge in [0.1, 0.15) is 5.78 Å². The third-order valence-electron chi connectivity index (χ3n) is 9.92. The van der Waals surface area contributed by atoms with Crippen molar-refractivity contribution >= 4 is 13.9 Å². The minimum absolute atomic E-state index is 0.402. The zero-order valence-corrected chi connectivity index (χ0v) is 16.7. The molecule has 0 aromatic carbocycles. The van der Waals surface area contributed by atoms with E-state index in [4.69, 9.17) is 0 Å². The van der Waals surface area contributed by atoms with Crippen LogP contribution in [0.3, 0.4) is 0 Å². The van der Waals surface area contributed by atoms with Gasteiger partial charge in [-0.1, -0.05) is 47.7 Å². The lowest BCUT2D eigenvalue weighted by Crippen LogP contribution is -2.64. The van der Waals surface area contributed by atoms with Crippen LogP contribution in [0.4, 0.5) is 0 Å². The lowest BCUT2D eigenvalue weighted by atomic mass is 9.43. The topological polar surface area (TPSA) is 17.1 Å². The van der Waals surface area contributed by atoms with Gasteiger partial charge in [-0.3, -0.25) is 4.79 Å². The molecule has 0 N–H and O–H groups in total. The van der Waals surface area contributed by atoms with E-state index in [9.17, 15) is 4.79 Å². The van der Waals surface area contributed by atoms with Crippen molar-refractivity contribution in [2.45, 2.75) is 89.9 Å². The summed E-state index contributed by atoms with van der Waals surface area (Å²) in [6.45, 7) is 17.8. The van der Waals surface area contributed by atoms with Gasteiger partial charge in [-0.05, 0) is 58.4 Å². The van der Waals surface area contributed by atoms with Crippen molar-refractivity contribution in [2.75, 3.05) is 0 Å². The van der Waals surface area contributed by atoms with Crippen molar-refractivity contribution in [1.29, 1.82) is 0 Å². The number of carbonyl (C=O) groups is 1. The van der Waals surface area contributed by atoms with Crippen LogP contribution in [0, 0.1) is 28.6 Å². The molecule has 0 radical (unpaired) electrons. The molecule has 0 aliphatic heterocycles. The molecule has 2 heteroatoms. The molecule has 0 aromatic rings. The van der Waals surface area contributed by atoms with Crippen LogP contribution in [0.1, 0.15) is 66.7 Å². The maximum atomic E-state index is 12.8. The molecule has 1 nitrogen and oxygen atoms in total. The Hall–Kier alpha value is -0.113. The van der Waals surface area contributed by atoms with Gasteiger partial charge < -0.3 is 0 Å². The number of carbonyl (C=O) groups excluding carboxylic acids is 1. The van der Waals surface area contributed by atoms with E-state index in [0.29, 0.717) is 38.5 Å². The first-order valence-electron chi connectivity index (χ1n) is 9.47. The summed E-state index contributed by atoms with van der Waals surface area (Å²) >= 11 is 0. The highest BCUT2D eigenvalue weighted by Gasteiger charge is 2.86. The second-order valence-electron chi connectivity index (χ2n) is 11.1. The summed E-state index contributed by atoms with van der Waals surface area (Å²) in [5.74, 6) is 2.55. The van der Waals surface area contributed by atoms with Gasteiger partial charge in [-0.15, -0.1) is 0 Å². The smallest absolute Gasteiger partial charge is 0.136 e. The minimum Gasteiger partial charge on any atom is -0.299 e. The molecule has 2 unspecified atom stereocenters. The molecule has 0 bridgehead atoms. The summed E-state index contributed by atoms with van der Waals surface area (Å²) in [6.07, 6.45) is 6.37. The van der Waals surface area contributed by atoms with Crippen LogP contribution < -0.4 is 0 Å². The van der Waals surface area contributed by atoms with E-state index < -0.39 is 8.07 Å². The summed E-state index contributed by atoms with van der Waals surface area (Å²) in [6, 6.07) is 0. The summed E-state index contributed by atoms with van der Waals surface area (Å²) in [5.41, 5.74) is 0.883. The second-order valence-corrected chi connectivity index (χ2v) is 16.8. The van der Waals surface area contributed by atoms with Gasteiger partial charge in [0.25, 0.3) is 0 Å². The Kier molecular flexibility index (Phi) is 2.63. The molecule has 4 aliphatic rings. The number of hydrogen-bond acceptors (Lipinski definition) is 1. The van der Waals surface area contributed by atoms with Gasteiger partial charge in [0.05, 0.1) is 8.07 Å². The van der Waals surface area contributed by atoms with Crippen LogP contribution in [0.25, 0.3) is 0 Å².